The zero-order chi connectivity index (χ0) is 24.6. The number of amides is 1. The zero-order valence-electron chi connectivity index (χ0n) is 20.7. The van der Waals surface area contributed by atoms with Gasteiger partial charge in [0.15, 0.2) is 0 Å². The molecule has 1 fully saturated rings. The van der Waals surface area contributed by atoms with Gasteiger partial charge in [0.1, 0.15) is 6.10 Å². The van der Waals surface area contributed by atoms with Crippen LogP contribution in [0.3, 0.4) is 0 Å². The lowest BCUT2D eigenvalue weighted by atomic mass is 9.68. The number of carbonyl (C=O) groups excluding carboxylic acids is 1. The van der Waals surface area contributed by atoms with Crippen molar-refractivity contribution in [3.8, 4) is 5.69 Å². The highest BCUT2D eigenvalue weighted by atomic mass is 16.3. The van der Waals surface area contributed by atoms with Crippen LogP contribution in [0.2, 0.25) is 0 Å². The van der Waals surface area contributed by atoms with Crippen molar-refractivity contribution in [1.29, 1.82) is 0 Å². The molecule has 2 aliphatic carbocycles. The summed E-state index contributed by atoms with van der Waals surface area (Å²) in [7, 11) is 0. The van der Waals surface area contributed by atoms with Gasteiger partial charge in [-0.05, 0) is 72.3 Å². The molecule has 2 aliphatic rings. The molecule has 182 valence electrons. The molecule has 0 spiro atoms. The highest BCUT2D eigenvalue weighted by molar-refractivity contribution is 5.81. The zero-order valence-corrected chi connectivity index (χ0v) is 20.7. The number of aromatic nitrogens is 3. The van der Waals surface area contributed by atoms with Gasteiger partial charge in [-0.25, -0.2) is 4.68 Å². The Bertz CT molecular complexity index is 1220. The van der Waals surface area contributed by atoms with Crippen LogP contribution in [-0.2, 0) is 11.2 Å². The molecular weight excluding hydrogens is 436 g/mol. The van der Waals surface area contributed by atoms with Crippen LogP contribution in [0, 0.1) is 17.3 Å². The summed E-state index contributed by atoms with van der Waals surface area (Å²) >= 11 is 0. The van der Waals surface area contributed by atoms with Gasteiger partial charge in [-0.3, -0.25) is 9.78 Å². The van der Waals surface area contributed by atoms with E-state index in [0.29, 0.717) is 5.92 Å². The molecule has 0 bridgehead atoms. The quantitative estimate of drug-likeness (QED) is 0.515. The molecule has 2 heterocycles. The first-order chi connectivity index (χ1) is 16.9. The molecule has 2 aromatic heterocycles. The maximum absolute atomic E-state index is 12.8. The van der Waals surface area contributed by atoms with Gasteiger partial charge in [0, 0.05) is 6.20 Å². The van der Waals surface area contributed by atoms with Gasteiger partial charge in [0.25, 0.3) is 0 Å². The van der Waals surface area contributed by atoms with Crippen molar-refractivity contribution in [3.63, 3.8) is 0 Å². The molecule has 4 atom stereocenters. The molecule has 1 saturated carbocycles. The Balaban J connectivity index is 1.41. The molecular formula is C29H34N4O2. The van der Waals surface area contributed by atoms with Crippen LogP contribution in [0.4, 0.5) is 0 Å². The van der Waals surface area contributed by atoms with E-state index in [1.165, 1.54) is 11.1 Å². The molecule has 6 nitrogen and oxygen atoms in total. The average Bonchev–Trinajstić information content (AvgIpc) is 3.42. The van der Waals surface area contributed by atoms with Crippen LogP contribution in [-0.4, -0.2) is 31.9 Å². The highest BCUT2D eigenvalue weighted by Crippen LogP contribution is 2.55. The molecule has 5 rings (SSSR count). The standard InChI is InChI=1S/C29H34N4O2/c1-19(2)27(34)28(35)32-25(20-8-5-4-6-9-20)14-22-11-12-23-15-26-21(16-29(22,23)3)17-31-33(26)24-10-7-13-30-18-24/h4-10,13,15,17-19,22,25,27,34H,11-12,14,16H2,1-3H3,(H,32,35)/t22-,25?,27-,29-/m1/s1. The second-order valence-electron chi connectivity index (χ2n) is 10.6. The number of aliphatic hydroxyl groups is 1. The molecule has 1 aromatic carbocycles. The Labute approximate surface area is 207 Å². The lowest BCUT2D eigenvalue weighted by molar-refractivity contribution is -0.132. The van der Waals surface area contributed by atoms with Gasteiger partial charge in [0.05, 0.1) is 29.8 Å². The van der Waals surface area contributed by atoms with Crippen molar-refractivity contribution in [3.05, 3.63) is 83.4 Å². The number of pyridine rings is 1. The van der Waals surface area contributed by atoms with E-state index < -0.39 is 6.10 Å². The van der Waals surface area contributed by atoms with Gasteiger partial charge < -0.3 is 10.4 Å². The third-order valence-corrected chi connectivity index (χ3v) is 7.98. The molecule has 2 N–H and O–H groups in total. The van der Waals surface area contributed by atoms with Gasteiger partial charge in [-0.2, -0.15) is 5.10 Å². The number of hydrogen-bond donors (Lipinski definition) is 2. The predicted octanol–water partition coefficient (Wildman–Crippen LogP) is 4.89. The fourth-order valence-electron chi connectivity index (χ4n) is 5.80. The van der Waals surface area contributed by atoms with E-state index >= 15 is 0 Å². The van der Waals surface area contributed by atoms with Crippen LogP contribution in [0.5, 0.6) is 0 Å². The fourth-order valence-corrected chi connectivity index (χ4v) is 5.80. The molecule has 1 amide bonds. The summed E-state index contributed by atoms with van der Waals surface area (Å²) in [5.41, 5.74) is 5.94. The van der Waals surface area contributed by atoms with Crippen LogP contribution in [0.15, 0.2) is 66.6 Å². The first kappa shape index (κ1) is 23.5. The lowest BCUT2D eigenvalue weighted by Crippen LogP contribution is -2.41. The first-order valence-corrected chi connectivity index (χ1v) is 12.6. The maximum Gasteiger partial charge on any atom is 0.249 e. The van der Waals surface area contributed by atoms with Crippen molar-refractivity contribution in [1.82, 2.24) is 20.1 Å². The van der Waals surface area contributed by atoms with Gasteiger partial charge in [0.2, 0.25) is 5.91 Å². The van der Waals surface area contributed by atoms with Crippen molar-refractivity contribution < 1.29 is 9.90 Å². The summed E-state index contributed by atoms with van der Waals surface area (Å²) in [6.45, 7) is 6.10. The van der Waals surface area contributed by atoms with Crippen LogP contribution >= 0.6 is 0 Å². The van der Waals surface area contributed by atoms with E-state index in [9.17, 15) is 9.90 Å². The number of nitrogens with zero attached hydrogens (tertiary/aromatic N) is 3. The van der Waals surface area contributed by atoms with E-state index in [1.807, 2.05) is 61.3 Å². The molecule has 6 heteroatoms. The van der Waals surface area contributed by atoms with Gasteiger partial charge in [-0.1, -0.05) is 56.7 Å². The highest BCUT2D eigenvalue weighted by Gasteiger charge is 2.46. The number of carbonyl (C=O) groups is 1. The van der Waals surface area contributed by atoms with Crippen LogP contribution in [0.25, 0.3) is 11.8 Å². The number of benzene rings is 1. The van der Waals surface area contributed by atoms with E-state index in [0.717, 1.165) is 42.6 Å². The number of rotatable bonds is 7. The van der Waals surface area contributed by atoms with Crippen LogP contribution in [0.1, 0.15) is 62.9 Å². The molecule has 3 aromatic rings. The number of aliphatic hydroxyl groups excluding tert-OH is 1. The number of nitrogens with one attached hydrogen (secondary N) is 1. The fraction of sp³-hybridized carbons (Fsp3) is 0.414. The van der Waals surface area contributed by atoms with E-state index in [1.54, 1.807) is 6.20 Å². The third kappa shape index (κ3) is 4.43. The number of fused-ring (bicyclic) bond motifs is 2. The SMILES string of the molecule is CC(C)[C@@H](O)C(=O)NC(C[C@H]1CCC2=Cc3c(cnn3-c3cccnc3)C[C@@]21C)c1ccccc1. The smallest absolute Gasteiger partial charge is 0.249 e. The topological polar surface area (TPSA) is 80.0 Å². The second kappa shape index (κ2) is 9.42. The number of allylic oxidation sites excluding steroid dienone is 1. The van der Waals surface area contributed by atoms with E-state index in [2.05, 4.69) is 40.5 Å². The van der Waals surface area contributed by atoms with E-state index in [4.69, 9.17) is 0 Å². The molecule has 0 aliphatic heterocycles. The third-order valence-electron chi connectivity index (χ3n) is 7.98. The lowest BCUT2D eigenvalue weighted by Gasteiger charge is -2.38. The van der Waals surface area contributed by atoms with Gasteiger partial charge >= 0.3 is 0 Å². The number of hydrogen-bond acceptors (Lipinski definition) is 4. The van der Waals surface area contributed by atoms with Crippen LogP contribution < -0.4 is 5.32 Å². The summed E-state index contributed by atoms with van der Waals surface area (Å²) in [5.74, 6) is -0.0140. The Morgan fingerprint density at radius 1 is 1.20 bits per heavy atom. The Morgan fingerprint density at radius 3 is 2.71 bits per heavy atom. The van der Waals surface area contributed by atoms with Crippen molar-refractivity contribution >= 4 is 12.0 Å². The predicted molar refractivity (Wildman–Crippen MR) is 137 cm³/mol. The Kier molecular flexibility index (Phi) is 6.32. The van der Waals surface area contributed by atoms with Crippen molar-refractivity contribution in [2.24, 2.45) is 17.3 Å². The minimum absolute atomic E-state index is 0.0181. The Hall–Kier alpha value is -3.25. The summed E-state index contributed by atoms with van der Waals surface area (Å²) in [5, 5.41) is 18.2. The normalized spacial score (nSPS) is 22.8. The minimum atomic E-state index is -1.01. The molecule has 0 radical (unpaired) electrons. The second-order valence-corrected chi connectivity index (χ2v) is 10.6. The summed E-state index contributed by atoms with van der Waals surface area (Å²) in [4.78, 5) is 17.1. The summed E-state index contributed by atoms with van der Waals surface area (Å²) < 4.78 is 1.99. The monoisotopic (exact) mass is 470 g/mol. The minimum Gasteiger partial charge on any atom is -0.383 e. The van der Waals surface area contributed by atoms with Crippen molar-refractivity contribution in [2.45, 2.75) is 58.6 Å². The Morgan fingerprint density at radius 2 is 2.00 bits per heavy atom. The molecule has 1 unspecified atom stereocenters. The van der Waals surface area contributed by atoms with Gasteiger partial charge in [-0.15, -0.1) is 0 Å². The van der Waals surface area contributed by atoms with E-state index in [-0.39, 0.29) is 23.3 Å². The largest absolute Gasteiger partial charge is 0.383 e. The summed E-state index contributed by atoms with van der Waals surface area (Å²) in [6, 6.07) is 14.0. The summed E-state index contributed by atoms with van der Waals surface area (Å²) in [6.07, 6.45) is 10.8. The maximum atomic E-state index is 12.8. The molecule has 35 heavy (non-hydrogen) atoms. The van der Waals surface area contributed by atoms with Crippen molar-refractivity contribution in [2.75, 3.05) is 0 Å². The first-order valence-electron chi connectivity index (χ1n) is 12.6. The molecule has 0 saturated heterocycles. The average molecular weight is 471 g/mol.